The molecule has 0 unspecified atom stereocenters. The predicted molar refractivity (Wildman–Crippen MR) is 55.8 cm³/mol. The molecule has 0 saturated heterocycles. The number of hydrogen-bond acceptors (Lipinski definition) is 2. The van der Waals surface area contributed by atoms with Crippen molar-refractivity contribution >= 4 is 11.0 Å². The molecule has 3 nitrogen and oxygen atoms in total. The number of fused-ring (bicyclic) bond motifs is 1. The Bertz CT molecular complexity index is 494. The summed E-state index contributed by atoms with van der Waals surface area (Å²) in [7, 11) is 2.02. The number of nitrogens with two attached hydrogens (primary N) is 1. The van der Waals surface area contributed by atoms with Crippen molar-refractivity contribution in [1.82, 2.24) is 9.55 Å². The van der Waals surface area contributed by atoms with E-state index in [-0.39, 0.29) is 5.54 Å². The highest BCUT2D eigenvalue weighted by atomic mass is 15.0. The maximum absolute atomic E-state index is 6.21. The maximum Gasteiger partial charge on any atom is 0.139 e. The first-order chi connectivity index (χ1) is 6.71. The number of aromatic nitrogens is 2. The van der Waals surface area contributed by atoms with Crippen molar-refractivity contribution < 1.29 is 0 Å². The Morgan fingerprint density at radius 3 is 3.00 bits per heavy atom. The summed E-state index contributed by atoms with van der Waals surface area (Å²) in [5.74, 6) is 0. The van der Waals surface area contributed by atoms with Gasteiger partial charge in [0.05, 0.1) is 0 Å². The van der Waals surface area contributed by atoms with Crippen LogP contribution in [0.4, 0.5) is 0 Å². The lowest BCUT2D eigenvalue weighted by molar-refractivity contribution is 0.741. The van der Waals surface area contributed by atoms with Crippen LogP contribution in [-0.2, 0) is 12.6 Å². The van der Waals surface area contributed by atoms with Gasteiger partial charge in [-0.1, -0.05) is 0 Å². The maximum atomic E-state index is 6.21. The van der Waals surface area contributed by atoms with Crippen LogP contribution in [0.3, 0.4) is 0 Å². The second kappa shape index (κ2) is 2.36. The lowest BCUT2D eigenvalue weighted by atomic mass is 10.1. The van der Waals surface area contributed by atoms with Crippen LogP contribution in [0.1, 0.15) is 18.4 Å². The highest BCUT2D eigenvalue weighted by Crippen LogP contribution is 2.45. The van der Waals surface area contributed by atoms with Crippen molar-refractivity contribution in [3.05, 3.63) is 30.1 Å². The monoisotopic (exact) mass is 187 g/mol. The van der Waals surface area contributed by atoms with E-state index >= 15 is 0 Å². The van der Waals surface area contributed by atoms with E-state index in [1.165, 1.54) is 10.9 Å². The second-order valence-electron chi connectivity index (χ2n) is 4.18. The van der Waals surface area contributed by atoms with Gasteiger partial charge in [-0.15, -0.1) is 0 Å². The molecule has 0 aliphatic heterocycles. The van der Waals surface area contributed by atoms with Crippen molar-refractivity contribution in [3.8, 4) is 0 Å². The van der Waals surface area contributed by atoms with Gasteiger partial charge in [0.1, 0.15) is 5.65 Å². The average molecular weight is 187 g/mol. The molecule has 0 amide bonds. The van der Waals surface area contributed by atoms with Gasteiger partial charge in [-0.2, -0.15) is 0 Å². The zero-order valence-corrected chi connectivity index (χ0v) is 8.20. The summed E-state index contributed by atoms with van der Waals surface area (Å²) >= 11 is 0. The van der Waals surface area contributed by atoms with Crippen LogP contribution in [0.15, 0.2) is 24.5 Å². The normalized spacial score (nSPS) is 18.7. The molecule has 0 aromatic carbocycles. The largest absolute Gasteiger partial charge is 0.335 e. The third kappa shape index (κ3) is 0.930. The summed E-state index contributed by atoms with van der Waals surface area (Å²) in [4.78, 5) is 4.35. The third-order valence-corrected chi connectivity index (χ3v) is 3.06. The summed E-state index contributed by atoms with van der Waals surface area (Å²) in [5.41, 5.74) is 8.42. The molecule has 2 N–H and O–H groups in total. The predicted octanol–water partition coefficient (Wildman–Crippen LogP) is 1.52. The molecule has 0 atom stereocenters. The number of rotatable bonds is 1. The standard InChI is InChI=1S/C11H13N3/c1-14-7-9(11(12)4-5-11)8-3-2-6-13-10(8)14/h2-3,6-7H,4-5,12H2,1H3. The van der Waals surface area contributed by atoms with Gasteiger partial charge in [-0.05, 0) is 30.5 Å². The van der Waals surface area contributed by atoms with Crippen LogP contribution in [0.2, 0.25) is 0 Å². The van der Waals surface area contributed by atoms with Gasteiger partial charge in [-0.25, -0.2) is 4.98 Å². The van der Waals surface area contributed by atoms with E-state index in [1.54, 1.807) is 0 Å². The Morgan fingerprint density at radius 1 is 1.50 bits per heavy atom. The van der Waals surface area contributed by atoms with Gasteiger partial charge in [-0.3, -0.25) is 0 Å². The van der Waals surface area contributed by atoms with Crippen LogP contribution in [0.25, 0.3) is 11.0 Å². The minimum absolute atomic E-state index is 0.0669. The van der Waals surface area contributed by atoms with Crippen molar-refractivity contribution in [2.45, 2.75) is 18.4 Å². The van der Waals surface area contributed by atoms with Crippen LogP contribution in [0, 0.1) is 0 Å². The first-order valence-electron chi connectivity index (χ1n) is 4.90. The fraction of sp³-hybridized carbons (Fsp3) is 0.364. The molecule has 0 radical (unpaired) electrons. The Balaban J connectivity index is 2.34. The molecule has 3 heteroatoms. The molecule has 1 aliphatic rings. The van der Waals surface area contributed by atoms with E-state index in [0.717, 1.165) is 18.5 Å². The van der Waals surface area contributed by atoms with E-state index < -0.39 is 0 Å². The Kier molecular flexibility index (Phi) is 1.35. The molecule has 0 spiro atoms. The quantitative estimate of drug-likeness (QED) is 0.735. The summed E-state index contributed by atoms with van der Waals surface area (Å²) in [6, 6.07) is 4.07. The van der Waals surface area contributed by atoms with Gasteiger partial charge in [0.15, 0.2) is 0 Å². The summed E-state index contributed by atoms with van der Waals surface area (Å²) in [6.45, 7) is 0. The Labute approximate surface area is 82.5 Å². The van der Waals surface area contributed by atoms with Crippen molar-refractivity contribution in [2.24, 2.45) is 12.8 Å². The molecule has 2 aromatic rings. The highest BCUT2D eigenvalue weighted by molar-refractivity contribution is 5.82. The van der Waals surface area contributed by atoms with Crippen molar-refractivity contribution in [3.63, 3.8) is 0 Å². The van der Waals surface area contributed by atoms with Gasteiger partial charge in [0, 0.05) is 30.4 Å². The first kappa shape index (κ1) is 8.00. The fourth-order valence-corrected chi connectivity index (χ4v) is 2.01. The van der Waals surface area contributed by atoms with Crippen LogP contribution in [-0.4, -0.2) is 9.55 Å². The number of hydrogen-bond donors (Lipinski definition) is 1. The second-order valence-corrected chi connectivity index (χ2v) is 4.18. The molecular weight excluding hydrogens is 174 g/mol. The Hall–Kier alpha value is -1.35. The zero-order chi connectivity index (χ0) is 9.76. The first-order valence-corrected chi connectivity index (χ1v) is 4.90. The van der Waals surface area contributed by atoms with E-state index in [4.69, 9.17) is 5.73 Å². The topological polar surface area (TPSA) is 43.8 Å². The van der Waals surface area contributed by atoms with Crippen LogP contribution >= 0.6 is 0 Å². The van der Waals surface area contributed by atoms with Crippen LogP contribution in [0.5, 0.6) is 0 Å². The molecule has 72 valence electrons. The molecule has 1 aliphatic carbocycles. The smallest absolute Gasteiger partial charge is 0.139 e. The van der Waals surface area contributed by atoms with Crippen molar-refractivity contribution in [1.29, 1.82) is 0 Å². The minimum Gasteiger partial charge on any atom is -0.335 e. The lowest BCUT2D eigenvalue weighted by Crippen LogP contribution is -2.18. The number of nitrogens with zero attached hydrogens (tertiary/aromatic N) is 2. The van der Waals surface area contributed by atoms with E-state index in [2.05, 4.69) is 21.8 Å². The van der Waals surface area contributed by atoms with Gasteiger partial charge < -0.3 is 10.3 Å². The lowest BCUT2D eigenvalue weighted by Gasteiger charge is -2.05. The minimum atomic E-state index is -0.0669. The van der Waals surface area contributed by atoms with Gasteiger partial charge in [0.25, 0.3) is 0 Å². The summed E-state index contributed by atoms with van der Waals surface area (Å²) in [5, 5.41) is 1.20. The molecular formula is C11H13N3. The summed E-state index contributed by atoms with van der Waals surface area (Å²) < 4.78 is 2.05. The van der Waals surface area contributed by atoms with Gasteiger partial charge in [0.2, 0.25) is 0 Å². The van der Waals surface area contributed by atoms with E-state index in [9.17, 15) is 0 Å². The molecule has 14 heavy (non-hydrogen) atoms. The van der Waals surface area contributed by atoms with Gasteiger partial charge >= 0.3 is 0 Å². The molecule has 1 fully saturated rings. The van der Waals surface area contributed by atoms with Crippen LogP contribution < -0.4 is 5.73 Å². The molecule has 1 saturated carbocycles. The average Bonchev–Trinajstić information content (AvgIpc) is 2.84. The fourth-order valence-electron chi connectivity index (χ4n) is 2.01. The Morgan fingerprint density at radius 2 is 2.29 bits per heavy atom. The van der Waals surface area contributed by atoms with E-state index in [0.29, 0.717) is 0 Å². The third-order valence-electron chi connectivity index (χ3n) is 3.06. The zero-order valence-electron chi connectivity index (χ0n) is 8.20. The highest BCUT2D eigenvalue weighted by Gasteiger charge is 2.42. The number of pyridine rings is 1. The van der Waals surface area contributed by atoms with Crippen molar-refractivity contribution in [2.75, 3.05) is 0 Å². The molecule has 3 rings (SSSR count). The molecule has 2 aromatic heterocycles. The van der Waals surface area contributed by atoms with E-state index in [1.807, 2.05) is 19.3 Å². The SMILES string of the molecule is Cn1cc(C2(N)CC2)c2cccnc21. The number of aryl methyl sites for hydroxylation is 1. The summed E-state index contributed by atoms with van der Waals surface area (Å²) in [6.07, 6.45) is 6.13. The molecule has 0 bridgehead atoms. The molecule has 2 heterocycles.